The highest BCUT2D eigenvalue weighted by Crippen LogP contribution is 2.19. The smallest absolute Gasteiger partial charge is 0.156 e. The third-order valence-electron chi connectivity index (χ3n) is 2.70. The number of para-hydroxylation sites is 1. The van der Waals surface area contributed by atoms with E-state index in [1.807, 2.05) is 30.3 Å². The number of aromatic hydroxyl groups is 1. The van der Waals surface area contributed by atoms with Crippen molar-refractivity contribution in [3.05, 3.63) is 58.5 Å². The molecule has 0 aliphatic carbocycles. The first-order valence-corrected chi connectivity index (χ1v) is 6.30. The normalized spacial score (nSPS) is 10.9. The second kappa shape index (κ2) is 4.42. The van der Waals surface area contributed by atoms with Crippen LogP contribution in [0.15, 0.2) is 47.1 Å². The molecule has 90 valence electrons. The van der Waals surface area contributed by atoms with Gasteiger partial charge in [0.15, 0.2) is 11.5 Å². The monoisotopic (exact) mass is 303 g/mol. The number of aromatic nitrogens is 3. The lowest BCUT2D eigenvalue weighted by Crippen LogP contribution is -1.93. The predicted molar refractivity (Wildman–Crippen MR) is 71.6 cm³/mol. The largest absolute Gasteiger partial charge is 0.508 e. The van der Waals surface area contributed by atoms with Gasteiger partial charge in [0, 0.05) is 12.0 Å². The molecule has 0 saturated carbocycles. The van der Waals surface area contributed by atoms with Gasteiger partial charge in [-0.25, -0.2) is 9.50 Å². The van der Waals surface area contributed by atoms with Crippen molar-refractivity contribution < 1.29 is 5.11 Å². The third kappa shape index (κ3) is 1.97. The summed E-state index contributed by atoms with van der Waals surface area (Å²) in [7, 11) is 0. The SMILES string of the molecule is Oc1ccccc1Cc1nc2cccc(Br)n2n1. The highest BCUT2D eigenvalue weighted by atomic mass is 79.9. The molecule has 3 aromatic rings. The molecule has 4 nitrogen and oxygen atoms in total. The van der Waals surface area contributed by atoms with Gasteiger partial charge in [0.25, 0.3) is 0 Å². The summed E-state index contributed by atoms with van der Waals surface area (Å²) in [5.74, 6) is 0.957. The molecule has 1 aromatic carbocycles. The van der Waals surface area contributed by atoms with E-state index in [0.29, 0.717) is 12.2 Å². The second-order valence-electron chi connectivity index (χ2n) is 3.95. The molecule has 0 spiro atoms. The number of nitrogens with zero attached hydrogens (tertiary/aromatic N) is 3. The highest BCUT2D eigenvalue weighted by molar-refractivity contribution is 9.10. The van der Waals surface area contributed by atoms with E-state index in [4.69, 9.17) is 0 Å². The Kier molecular flexibility index (Phi) is 2.76. The fourth-order valence-electron chi connectivity index (χ4n) is 1.82. The van der Waals surface area contributed by atoms with Gasteiger partial charge in [-0.2, -0.15) is 0 Å². The van der Waals surface area contributed by atoms with E-state index in [9.17, 15) is 5.11 Å². The Labute approximate surface area is 112 Å². The van der Waals surface area contributed by atoms with E-state index < -0.39 is 0 Å². The van der Waals surface area contributed by atoms with Gasteiger partial charge in [0.1, 0.15) is 10.4 Å². The first kappa shape index (κ1) is 11.2. The maximum Gasteiger partial charge on any atom is 0.156 e. The summed E-state index contributed by atoms with van der Waals surface area (Å²) in [6, 6.07) is 12.9. The molecular weight excluding hydrogens is 294 g/mol. The topological polar surface area (TPSA) is 50.4 Å². The summed E-state index contributed by atoms with van der Waals surface area (Å²) < 4.78 is 2.59. The van der Waals surface area contributed by atoms with Crippen molar-refractivity contribution in [2.75, 3.05) is 0 Å². The van der Waals surface area contributed by atoms with E-state index in [2.05, 4.69) is 26.0 Å². The third-order valence-corrected chi connectivity index (χ3v) is 3.30. The fourth-order valence-corrected chi connectivity index (χ4v) is 2.24. The molecule has 18 heavy (non-hydrogen) atoms. The van der Waals surface area contributed by atoms with Gasteiger partial charge in [0.05, 0.1) is 0 Å². The minimum absolute atomic E-state index is 0.274. The maximum atomic E-state index is 9.73. The summed E-state index contributed by atoms with van der Waals surface area (Å²) in [5, 5.41) is 14.1. The van der Waals surface area contributed by atoms with Crippen molar-refractivity contribution in [3.8, 4) is 5.75 Å². The van der Waals surface area contributed by atoms with Crippen LogP contribution >= 0.6 is 15.9 Å². The second-order valence-corrected chi connectivity index (χ2v) is 4.76. The number of benzene rings is 1. The molecule has 0 fully saturated rings. The van der Waals surface area contributed by atoms with Gasteiger partial charge in [-0.15, -0.1) is 5.10 Å². The van der Waals surface area contributed by atoms with Crippen LogP contribution in [0.1, 0.15) is 11.4 Å². The first-order valence-electron chi connectivity index (χ1n) is 5.51. The number of phenols is 1. The van der Waals surface area contributed by atoms with Crippen LogP contribution in [-0.4, -0.2) is 19.7 Å². The maximum absolute atomic E-state index is 9.73. The molecule has 0 bridgehead atoms. The average Bonchev–Trinajstić information content (AvgIpc) is 2.76. The Morgan fingerprint density at radius 2 is 1.94 bits per heavy atom. The molecular formula is C13H10BrN3O. The standard InChI is InChI=1S/C13H10BrN3O/c14-11-6-3-7-13-15-12(16-17(11)13)8-9-4-1-2-5-10(9)18/h1-7,18H,8H2. The Balaban J connectivity index is 2.01. The van der Waals surface area contributed by atoms with Gasteiger partial charge < -0.3 is 5.11 Å². The van der Waals surface area contributed by atoms with Crippen molar-refractivity contribution in [2.24, 2.45) is 0 Å². The lowest BCUT2D eigenvalue weighted by Gasteiger charge is -1.99. The lowest BCUT2D eigenvalue weighted by atomic mass is 10.1. The number of halogens is 1. The zero-order valence-corrected chi connectivity index (χ0v) is 11.0. The van der Waals surface area contributed by atoms with Gasteiger partial charge in [-0.1, -0.05) is 24.3 Å². The first-order chi connectivity index (χ1) is 8.74. The van der Waals surface area contributed by atoms with Crippen molar-refractivity contribution >= 4 is 21.6 Å². The van der Waals surface area contributed by atoms with Crippen molar-refractivity contribution in [2.45, 2.75) is 6.42 Å². The Bertz CT molecular complexity index is 708. The quantitative estimate of drug-likeness (QED) is 0.741. The number of rotatable bonds is 2. The molecule has 0 unspecified atom stereocenters. The minimum Gasteiger partial charge on any atom is -0.508 e. The minimum atomic E-state index is 0.274. The molecule has 0 saturated heterocycles. The number of fused-ring (bicyclic) bond motifs is 1. The van der Waals surface area contributed by atoms with Crippen molar-refractivity contribution in [1.82, 2.24) is 14.6 Å². The Morgan fingerprint density at radius 1 is 1.11 bits per heavy atom. The molecule has 0 aliphatic rings. The molecule has 5 heteroatoms. The van der Waals surface area contributed by atoms with Crippen LogP contribution in [0.25, 0.3) is 5.65 Å². The lowest BCUT2D eigenvalue weighted by molar-refractivity contribution is 0.469. The molecule has 2 aromatic heterocycles. The fraction of sp³-hybridized carbons (Fsp3) is 0.0769. The van der Waals surface area contributed by atoms with Crippen molar-refractivity contribution in [3.63, 3.8) is 0 Å². The van der Waals surface area contributed by atoms with Crippen LogP contribution < -0.4 is 0 Å². The van der Waals surface area contributed by atoms with Gasteiger partial charge in [0.2, 0.25) is 0 Å². The number of hydrogen-bond donors (Lipinski definition) is 1. The summed E-state index contributed by atoms with van der Waals surface area (Å²) in [4.78, 5) is 4.42. The number of phenolic OH excluding ortho intramolecular Hbond substituents is 1. The molecule has 0 aliphatic heterocycles. The van der Waals surface area contributed by atoms with Crippen LogP contribution in [0.2, 0.25) is 0 Å². The zero-order chi connectivity index (χ0) is 12.5. The molecule has 0 amide bonds. The molecule has 2 heterocycles. The van der Waals surface area contributed by atoms with Crippen LogP contribution in [0.3, 0.4) is 0 Å². The Morgan fingerprint density at radius 3 is 2.72 bits per heavy atom. The number of hydrogen-bond acceptors (Lipinski definition) is 3. The molecule has 0 atom stereocenters. The predicted octanol–water partition coefficient (Wildman–Crippen LogP) is 2.79. The molecule has 3 rings (SSSR count). The average molecular weight is 304 g/mol. The Hall–Kier alpha value is -1.88. The van der Waals surface area contributed by atoms with Crippen LogP contribution in [0.4, 0.5) is 0 Å². The summed E-state index contributed by atoms with van der Waals surface area (Å²) in [6.45, 7) is 0. The zero-order valence-electron chi connectivity index (χ0n) is 9.42. The summed E-state index contributed by atoms with van der Waals surface area (Å²) in [5.41, 5.74) is 1.61. The molecule has 1 N–H and O–H groups in total. The van der Waals surface area contributed by atoms with E-state index in [0.717, 1.165) is 15.8 Å². The molecule has 0 radical (unpaired) electrons. The van der Waals surface area contributed by atoms with E-state index in [-0.39, 0.29) is 5.75 Å². The number of pyridine rings is 1. The van der Waals surface area contributed by atoms with Gasteiger partial charge >= 0.3 is 0 Å². The van der Waals surface area contributed by atoms with Gasteiger partial charge in [-0.3, -0.25) is 0 Å². The van der Waals surface area contributed by atoms with Crippen LogP contribution in [0, 0.1) is 0 Å². The van der Waals surface area contributed by atoms with E-state index in [1.54, 1.807) is 16.6 Å². The van der Waals surface area contributed by atoms with Crippen LogP contribution in [0.5, 0.6) is 5.75 Å². The summed E-state index contributed by atoms with van der Waals surface area (Å²) >= 11 is 3.42. The highest BCUT2D eigenvalue weighted by Gasteiger charge is 2.08. The van der Waals surface area contributed by atoms with Crippen LogP contribution in [-0.2, 0) is 6.42 Å². The van der Waals surface area contributed by atoms with Crippen molar-refractivity contribution in [1.29, 1.82) is 0 Å². The van der Waals surface area contributed by atoms with E-state index >= 15 is 0 Å². The summed E-state index contributed by atoms with van der Waals surface area (Å²) in [6.07, 6.45) is 0.515. The van der Waals surface area contributed by atoms with Gasteiger partial charge in [-0.05, 0) is 34.1 Å². The van der Waals surface area contributed by atoms with E-state index in [1.165, 1.54) is 0 Å².